The molecule has 0 unspecified atom stereocenters. The largest absolute Gasteiger partial charge is 0.395 e. The van der Waals surface area contributed by atoms with Gasteiger partial charge in [-0.25, -0.2) is 4.98 Å². The zero-order chi connectivity index (χ0) is 15.4. The van der Waals surface area contributed by atoms with Crippen LogP contribution in [0.2, 0.25) is 0 Å². The Balaban J connectivity index is 1.83. The second-order valence-corrected chi connectivity index (χ2v) is 6.16. The van der Waals surface area contributed by atoms with Crippen LogP contribution in [-0.4, -0.2) is 34.5 Å². The molecule has 3 N–H and O–H groups in total. The molecule has 1 aliphatic carbocycles. The van der Waals surface area contributed by atoms with Crippen molar-refractivity contribution in [2.24, 2.45) is 0 Å². The van der Waals surface area contributed by atoms with Gasteiger partial charge < -0.3 is 15.7 Å². The van der Waals surface area contributed by atoms with Crippen molar-refractivity contribution in [1.82, 2.24) is 9.97 Å². The summed E-state index contributed by atoms with van der Waals surface area (Å²) in [4.78, 5) is 10.2. The minimum Gasteiger partial charge on any atom is -0.395 e. The fourth-order valence-corrected chi connectivity index (χ4v) is 2.67. The van der Waals surface area contributed by atoms with Gasteiger partial charge >= 0.3 is 0 Å². The maximum atomic E-state index is 8.94. The summed E-state index contributed by atoms with van der Waals surface area (Å²) < 4.78 is 0. The predicted octanol–water partition coefficient (Wildman–Crippen LogP) is 3.22. The highest BCUT2D eigenvalue weighted by atomic mass is 32.2. The zero-order valence-electron chi connectivity index (χ0n) is 12.5. The molecule has 0 radical (unpaired) electrons. The van der Waals surface area contributed by atoms with Crippen LogP contribution in [0.1, 0.15) is 24.5 Å². The number of anilines is 3. The van der Waals surface area contributed by atoms with E-state index in [9.17, 15) is 0 Å². The van der Waals surface area contributed by atoms with Crippen LogP contribution in [0.5, 0.6) is 0 Å². The lowest BCUT2D eigenvalue weighted by molar-refractivity contribution is 0.311. The van der Waals surface area contributed by atoms with Gasteiger partial charge in [0.15, 0.2) is 0 Å². The first-order valence-electron chi connectivity index (χ1n) is 7.43. The Hall–Kier alpha value is -1.79. The molecule has 5 nitrogen and oxygen atoms in total. The van der Waals surface area contributed by atoms with Crippen molar-refractivity contribution in [3.05, 3.63) is 36.0 Å². The lowest BCUT2D eigenvalue weighted by atomic mass is 10.2. The summed E-state index contributed by atoms with van der Waals surface area (Å²) in [6.07, 6.45) is 4.45. The first-order chi connectivity index (χ1) is 10.8. The highest BCUT2D eigenvalue weighted by Crippen LogP contribution is 2.40. The minimum atomic E-state index is 0.0650. The second kappa shape index (κ2) is 6.98. The molecule has 1 aliphatic rings. The molecule has 2 aromatic rings. The average molecular weight is 316 g/mol. The topological polar surface area (TPSA) is 70.1 Å². The van der Waals surface area contributed by atoms with Crippen LogP contribution in [0.15, 0.2) is 35.2 Å². The normalized spacial score (nSPS) is 13.9. The summed E-state index contributed by atoms with van der Waals surface area (Å²) in [5.41, 5.74) is 2.08. The monoisotopic (exact) mass is 316 g/mol. The van der Waals surface area contributed by atoms with Crippen molar-refractivity contribution in [2.75, 3.05) is 30.0 Å². The molecule has 0 atom stereocenters. The summed E-state index contributed by atoms with van der Waals surface area (Å²) in [5.74, 6) is 1.91. The maximum Gasteiger partial charge on any atom is 0.224 e. The molecule has 0 saturated heterocycles. The third kappa shape index (κ3) is 3.90. The molecule has 22 heavy (non-hydrogen) atoms. The number of benzene rings is 1. The van der Waals surface area contributed by atoms with Crippen molar-refractivity contribution in [1.29, 1.82) is 0 Å². The van der Waals surface area contributed by atoms with Crippen LogP contribution in [0.4, 0.5) is 17.5 Å². The Morgan fingerprint density at radius 1 is 1.27 bits per heavy atom. The van der Waals surface area contributed by atoms with Gasteiger partial charge in [-0.05, 0) is 37.3 Å². The summed E-state index contributed by atoms with van der Waals surface area (Å²) in [5, 5.41) is 15.3. The molecular formula is C16H20N4OS. The predicted molar refractivity (Wildman–Crippen MR) is 91.1 cm³/mol. The molecule has 6 heteroatoms. The molecule has 1 aromatic heterocycles. The lowest BCUT2D eigenvalue weighted by Crippen LogP contribution is -2.10. The van der Waals surface area contributed by atoms with Crippen LogP contribution < -0.4 is 10.6 Å². The van der Waals surface area contributed by atoms with Gasteiger partial charge in [0.25, 0.3) is 0 Å². The molecule has 116 valence electrons. The second-order valence-electron chi connectivity index (χ2n) is 5.28. The van der Waals surface area contributed by atoms with Crippen LogP contribution >= 0.6 is 11.8 Å². The summed E-state index contributed by atoms with van der Waals surface area (Å²) >= 11 is 1.71. The fourth-order valence-electron chi connectivity index (χ4n) is 2.21. The van der Waals surface area contributed by atoms with Gasteiger partial charge in [0.05, 0.1) is 12.3 Å². The molecule has 1 aromatic carbocycles. The molecule has 0 amide bonds. The number of nitrogens with zero attached hydrogens (tertiary/aromatic N) is 2. The molecule has 3 rings (SSSR count). The minimum absolute atomic E-state index is 0.0650. The Morgan fingerprint density at radius 3 is 2.86 bits per heavy atom. The molecule has 0 spiro atoms. The smallest absolute Gasteiger partial charge is 0.224 e. The summed E-state index contributed by atoms with van der Waals surface area (Å²) in [7, 11) is 0. The fraction of sp³-hybridized carbons (Fsp3) is 0.375. The number of aliphatic hydroxyl groups is 1. The average Bonchev–Trinajstić information content (AvgIpc) is 3.38. The van der Waals surface area contributed by atoms with Crippen LogP contribution in [0.3, 0.4) is 0 Å². The third-order valence-electron chi connectivity index (χ3n) is 3.48. The van der Waals surface area contributed by atoms with Gasteiger partial charge in [0.1, 0.15) is 5.82 Å². The van der Waals surface area contributed by atoms with E-state index in [1.165, 1.54) is 17.7 Å². The first-order valence-corrected chi connectivity index (χ1v) is 8.66. The lowest BCUT2D eigenvalue weighted by Gasteiger charge is -2.11. The van der Waals surface area contributed by atoms with Gasteiger partial charge in [-0.2, -0.15) is 4.98 Å². The van der Waals surface area contributed by atoms with E-state index < -0.39 is 0 Å². The van der Waals surface area contributed by atoms with Gasteiger partial charge in [-0.1, -0.05) is 6.07 Å². The van der Waals surface area contributed by atoms with Crippen molar-refractivity contribution in [3.63, 3.8) is 0 Å². The number of aliphatic hydroxyl groups excluding tert-OH is 1. The van der Waals surface area contributed by atoms with Crippen LogP contribution in [0.25, 0.3) is 0 Å². The van der Waals surface area contributed by atoms with E-state index in [1.54, 1.807) is 11.8 Å². The summed E-state index contributed by atoms with van der Waals surface area (Å²) in [6.45, 7) is 0.519. The Morgan fingerprint density at radius 2 is 2.14 bits per heavy atom. The van der Waals surface area contributed by atoms with Crippen molar-refractivity contribution in [2.45, 2.75) is 23.7 Å². The number of nitrogens with one attached hydrogen (secondary N) is 2. The Kier molecular flexibility index (Phi) is 4.80. The van der Waals surface area contributed by atoms with Crippen molar-refractivity contribution >= 4 is 29.2 Å². The van der Waals surface area contributed by atoms with E-state index in [0.717, 1.165) is 17.2 Å². The van der Waals surface area contributed by atoms with E-state index in [2.05, 4.69) is 39.0 Å². The van der Waals surface area contributed by atoms with Gasteiger partial charge in [0, 0.05) is 29.1 Å². The van der Waals surface area contributed by atoms with E-state index in [-0.39, 0.29) is 6.61 Å². The molecule has 1 saturated carbocycles. The number of hydrogen-bond donors (Lipinski definition) is 3. The van der Waals surface area contributed by atoms with E-state index in [0.29, 0.717) is 18.4 Å². The van der Waals surface area contributed by atoms with Crippen LogP contribution in [0, 0.1) is 0 Å². The zero-order valence-corrected chi connectivity index (χ0v) is 13.4. The first kappa shape index (κ1) is 15.1. The van der Waals surface area contributed by atoms with Crippen molar-refractivity contribution in [3.8, 4) is 0 Å². The number of thioether (sulfide) groups is 1. The molecule has 0 bridgehead atoms. The maximum absolute atomic E-state index is 8.94. The number of hydrogen-bond acceptors (Lipinski definition) is 6. The van der Waals surface area contributed by atoms with E-state index in [4.69, 9.17) is 5.11 Å². The van der Waals surface area contributed by atoms with Gasteiger partial charge in [-0.3, -0.25) is 0 Å². The SMILES string of the molecule is CSc1cccc(Nc2cc(C3CC3)nc(NCCO)n2)c1. The molecule has 1 heterocycles. The Labute approximate surface area is 134 Å². The van der Waals surface area contributed by atoms with E-state index >= 15 is 0 Å². The van der Waals surface area contributed by atoms with Gasteiger partial charge in [0.2, 0.25) is 5.95 Å². The standard InChI is InChI=1S/C16H20N4OS/c1-22-13-4-2-3-12(9-13)18-15-10-14(11-5-6-11)19-16(20-15)17-7-8-21/h2-4,9-11,21H,5-8H2,1H3,(H2,17,18,19,20). The summed E-state index contributed by atoms with van der Waals surface area (Å²) in [6, 6.07) is 10.3. The molecular weight excluding hydrogens is 296 g/mol. The third-order valence-corrected chi connectivity index (χ3v) is 4.20. The number of aromatic nitrogens is 2. The highest BCUT2D eigenvalue weighted by molar-refractivity contribution is 7.98. The number of rotatable bonds is 7. The molecule has 0 aliphatic heterocycles. The quantitative estimate of drug-likeness (QED) is 0.681. The highest BCUT2D eigenvalue weighted by Gasteiger charge is 2.26. The van der Waals surface area contributed by atoms with Crippen molar-refractivity contribution < 1.29 is 5.11 Å². The molecule has 1 fully saturated rings. The van der Waals surface area contributed by atoms with Gasteiger partial charge in [-0.15, -0.1) is 11.8 Å². The van der Waals surface area contributed by atoms with Crippen LogP contribution in [-0.2, 0) is 0 Å². The van der Waals surface area contributed by atoms with E-state index in [1.807, 2.05) is 18.2 Å². The Bertz CT molecular complexity index is 646.